The van der Waals surface area contributed by atoms with Crippen molar-refractivity contribution >= 4 is 23.1 Å². The summed E-state index contributed by atoms with van der Waals surface area (Å²) >= 11 is 1.40. The molecule has 2 N–H and O–H groups in total. The number of amides is 1. The predicted molar refractivity (Wildman–Crippen MR) is 115 cm³/mol. The molecular formula is C21H21F3N4O3S. The van der Waals surface area contributed by atoms with Gasteiger partial charge in [-0.2, -0.15) is 0 Å². The van der Waals surface area contributed by atoms with Crippen LogP contribution in [0.25, 0.3) is 10.4 Å². The minimum atomic E-state index is -4.84. The largest absolute Gasteiger partial charge is 0.573 e. The fourth-order valence-corrected chi connectivity index (χ4v) is 3.71. The van der Waals surface area contributed by atoms with Crippen molar-refractivity contribution < 1.29 is 27.8 Å². The predicted octanol–water partition coefficient (Wildman–Crippen LogP) is 4.02. The average Bonchev–Trinajstić information content (AvgIpc) is 3.41. The third-order valence-corrected chi connectivity index (χ3v) is 5.34. The number of hydrogen-bond acceptors (Lipinski definition) is 7. The Morgan fingerprint density at radius 1 is 1.41 bits per heavy atom. The van der Waals surface area contributed by atoms with Crippen LogP contribution in [0.15, 0.2) is 60.2 Å². The Hall–Kier alpha value is -3.18. The van der Waals surface area contributed by atoms with Crippen LogP contribution in [0.5, 0.6) is 0 Å². The average molecular weight is 466 g/mol. The molecule has 170 valence electrons. The first-order chi connectivity index (χ1) is 15.2. The maximum Gasteiger partial charge on any atom is 0.573 e. The first-order valence-corrected chi connectivity index (χ1v) is 10.4. The normalized spacial score (nSPS) is 17.4. The number of nitrogens with zero attached hydrogens (tertiary/aromatic N) is 3. The summed E-state index contributed by atoms with van der Waals surface area (Å²) in [6.45, 7) is 5.89. The molecule has 0 spiro atoms. The molecule has 1 fully saturated rings. The zero-order valence-corrected chi connectivity index (χ0v) is 17.9. The highest BCUT2D eigenvalue weighted by molar-refractivity contribution is 7.13. The van der Waals surface area contributed by atoms with Crippen molar-refractivity contribution in [1.29, 1.82) is 0 Å². The Kier molecular flexibility index (Phi) is 7.31. The Morgan fingerprint density at radius 3 is 2.78 bits per heavy atom. The highest BCUT2D eigenvalue weighted by Gasteiger charge is 2.31. The number of nitrogens with one attached hydrogen (secondary N) is 1. The molecule has 0 bridgehead atoms. The molecule has 0 radical (unpaired) electrons. The highest BCUT2D eigenvalue weighted by Crippen LogP contribution is 2.34. The van der Waals surface area contributed by atoms with Gasteiger partial charge in [-0.25, -0.2) is 4.98 Å². The number of aliphatic hydroxyl groups is 1. The molecular weight excluding hydrogens is 445 g/mol. The van der Waals surface area contributed by atoms with E-state index in [0.29, 0.717) is 36.6 Å². The molecule has 7 nitrogen and oxygen atoms in total. The van der Waals surface area contributed by atoms with E-state index in [1.165, 1.54) is 30.5 Å². The third-order valence-electron chi connectivity index (χ3n) is 4.53. The Labute approximate surface area is 186 Å². The molecule has 0 aromatic carbocycles. The van der Waals surface area contributed by atoms with Gasteiger partial charge in [-0.15, -0.1) is 24.5 Å². The first kappa shape index (κ1) is 23.5. The van der Waals surface area contributed by atoms with Crippen LogP contribution in [-0.4, -0.2) is 46.5 Å². The van der Waals surface area contributed by atoms with Crippen LogP contribution in [0, 0.1) is 0 Å². The molecule has 0 saturated carbocycles. The summed E-state index contributed by atoms with van der Waals surface area (Å²) in [5.74, 6) is -0.329. The van der Waals surface area contributed by atoms with Crippen molar-refractivity contribution in [3.8, 4) is 10.4 Å². The van der Waals surface area contributed by atoms with E-state index < -0.39 is 24.1 Å². The number of ether oxygens (including phenoxy) is 1. The van der Waals surface area contributed by atoms with Crippen LogP contribution in [0.2, 0.25) is 0 Å². The van der Waals surface area contributed by atoms with Crippen molar-refractivity contribution in [1.82, 2.24) is 15.3 Å². The lowest BCUT2D eigenvalue weighted by atomic mass is 10.1. The van der Waals surface area contributed by atoms with Gasteiger partial charge in [-0.3, -0.25) is 9.78 Å². The van der Waals surface area contributed by atoms with Crippen LogP contribution in [0.1, 0.15) is 23.7 Å². The summed E-state index contributed by atoms with van der Waals surface area (Å²) in [5, 5.41) is 12.5. The second kappa shape index (κ2) is 9.96. The van der Waals surface area contributed by atoms with E-state index in [4.69, 9.17) is 0 Å². The zero-order chi connectivity index (χ0) is 23.3. The van der Waals surface area contributed by atoms with Gasteiger partial charge in [0.1, 0.15) is 11.6 Å². The lowest BCUT2D eigenvalue weighted by molar-refractivity contribution is -0.303. The number of carbonyl (C=O) groups excluding carboxylic acids is 1. The second-order valence-electron chi connectivity index (χ2n) is 6.97. The van der Waals surface area contributed by atoms with Crippen molar-refractivity contribution in [3.63, 3.8) is 0 Å². The highest BCUT2D eigenvalue weighted by atomic mass is 32.1. The van der Waals surface area contributed by atoms with Gasteiger partial charge < -0.3 is 20.1 Å². The molecule has 0 aliphatic carbocycles. The number of alkyl halides is 3. The van der Waals surface area contributed by atoms with Gasteiger partial charge in [0, 0.05) is 36.7 Å². The summed E-state index contributed by atoms with van der Waals surface area (Å²) < 4.78 is 40.8. The van der Waals surface area contributed by atoms with E-state index in [1.807, 2.05) is 4.90 Å². The van der Waals surface area contributed by atoms with Crippen LogP contribution in [0.4, 0.5) is 19.0 Å². The van der Waals surface area contributed by atoms with Gasteiger partial charge in [0.05, 0.1) is 22.1 Å². The molecule has 1 amide bonds. The fourth-order valence-electron chi connectivity index (χ4n) is 3.08. The van der Waals surface area contributed by atoms with Gasteiger partial charge >= 0.3 is 6.36 Å². The van der Waals surface area contributed by atoms with Crippen molar-refractivity contribution in [2.75, 3.05) is 18.0 Å². The van der Waals surface area contributed by atoms with Crippen molar-refractivity contribution in [3.05, 3.63) is 65.8 Å². The van der Waals surface area contributed by atoms with Crippen LogP contribution in [0.3, 0.4) is 0 Å². The van der Waals surface area contributed by atoms with Crippen LogP contribution >= 0.6 is 11.3 Å². The number of carbonyl (C=O) groups is 1. The Balaban J connectivity index is 1.81. The number of hydrogen-bond donors (Lipinski definition) is 2. The molecule has 2 aromatic heterocycles. The second-order valence-corrected chi connectivity index (χ2v) is 7.86. The van der Waals surface area contributed by atoms with Gasteiger partial charge in [-0.05, 0) is 37.6 Å². The van der Waals surface area contributed by atoms with Gasteiger partial charge in [0.25, 0.3) is 5.91 Å². The van der Waals surface area contributed by atoms with Crippen LogP contribution < -0.4 is 10.2 Å². The fraction of sp³-hybridized carbons (Fsp3) is 0.286. The van der Waals surface area contributed by atoms with E-state index in [0.717, 1.165) is 17.0 Å². The van der Waals surface area contributed by atoms with E-state index in [2.05, 4.69) is 26.6 Å². The van der Waals surface area contributed by atoms with Crippen LogP contribution in [-0.2, 0) is 4.74 Å². The van der Waals surface area contributed by atoms with Crippen molar-refractivity contribution in [2.45, 2.75) is 25.8 Å². The minimum Gasteiger partial charge on any atom is -0.406 e. The lowest BCUT2D eigenvalue weighted by Gasteiger charge is -2.20. The van der Waals surface area contributed by atoms with Gasteiger partial charge in [0.2, 0.25) is 0 Å². The SMILES string of the molecule is C=C/C(=C\C=C(/C)NC(=O)c1cnc(N2CC[C@@H](O)C2)c(-c2cncs2)c1)OC(F)(F)F. The molecule has 11 heteroatoms. The molecule has 0 unspecified atom stereocenters. The number of aliphatic hydroxyl groups excluding tert-OH is 1. The molecule has 32 heavy (non-hydrogen) atoms. The summed E-state index contributed by atoms with van der Waals surface area (Å²) in [4.78, 5) is 24.0. The maximum atomic E-state index is 12.7. The van der Waals surface area contributed by atoms with Crippen molar-refractivity contribution in [2.24, 2.45) is 0 Å². The summed E-state index contributed by atoms with van der Waals surface area (Å²) in [6.07, 6.45) is 1.70. The number of allylic oxidation sites excluding steroid dienone is 4. The smallest absolute Gasteiger partial charge is 0.406 e. The molecule has 1 atom stereocenters. The molecule has 3 heterocycles. The monoisotopic (exact) mass is 466 g/mol. The molecule has 2 aromatic rings. The number of anilines is 1. The van der Waals surface area contributed by atoms with E-state index >= 15 is 0 Å². The summed E-state index contributed by atoms with van der Waals surface area (Å²) in [5.41, 5.74) is 2.95. The summed E-state index contributed by atoms with van der Waals surface area (Å²) in [7, 11) is 0. The number of aromatic nitrogens is 2. The number of pyridine rings is 1. The Bertz CT molecular complexity index is 1040. The molecule has 3 rings (SSSR count). The number of thiazole rings is 1. The topological polar surface area (TPSA) is 87.6 Å². The zero-order valence-electron chi connectivity index (χ0n) is 17.1. The van der Waals surface area contributed by atoms with Gasteiger partial charge in [-0.1, -0.05) is 6.58 Å². The summed E-state index contributed by atoms with van der Waals surface area (Å²) in [6, 6.07) is 1.68. The number of rotatable bonds is 7. The maximum absolute atomic E-state index is 12.7. The van der Waals surface area contributed by atoms with E-state index in [-0.39, 0.29) is 5.56 Å². The van der Waals surface area contributed by atoms with E-state index in [1.54, 1.807) is 17.8 Å². The molecule has 1 aliphatic rings. The lowest BCUT2D eigenvalue weighted by Crippen LogP contribution is -2.24. The minimum absolute atomic E-state index is 0.268. The molecule has 1 saturated heterocycles. The Morgan fingerprint density at radius 2 is 2.19 bits per heavy atom. The van der Waals surface area contributed by atoms with Gasteiger partial charge in [0.15, 0.2) is 0 Å². The number of halogens is 3. The third kappa shape index (κ3) is 6.17. The quantitative estimate of drug-likeness (QED) is 0.474. The first-order valence-electron chi connectivity index (χ1n) is 9.56. The molecule has 1 aliphatic heterocycles. The number of β-amino-alcohol motifs (C(OH)–C–C–N with tert-alkyl or cyclic N) is 1. The van der Waals surface area contributed by atoms with E-state index in [9.17, 15) is 23.1 Å². The standard InChI is InChI=1S/C21H21F3N4O3S/c1-3-16(31-21(22,23)24)5-4-13(2)27-20(30)14-8-17(18-10-25-12-32-18)19(26-9-14)28-7-6-15(29)11-28/h3-5,8-10,12,15,29H,1,6-7,11H2,2H3,(H,27,30)/b13-4+,16-5+/t15-/m1/s1.